The molecule has 76 valence electrons. The molecule has 2 amide bonds. The Bertz CT molecular complexity index is 408. The van der Waals surface area contributed by atoms with Gasteiger partial charge in [0.25, 0.3) is 0 Å². The van der Waals surface area contributed by atoms with Crippen LogP contribution in [0.15, 0.2) is 30.3 Å². The van der Waals surface area contributed by atoms with Gasteiger partial charge in [-0.1, -0.05) is 30.3 Å². The molecule has 2 rings (SSSR count). The van der Waals surface area contributed by atoms with Gasteiger partial charge in [0.05, 0.1) is 0 Å². The smallest absolute Gasteiger partial charge is 0.243 e. The lowest BCUT2D eigenvalue weighted by Gasteiger charge is -2.22. The Morgan fingerprint density at radius 3 is 2.07 bits per heavy atom. The molecule has 1 heterocycles. The van der Waals surface area contributed by atoms with Crippen LogP contribution in [0.4, 0.5) is 0 Å². The molecule has 5 nitrogen and oxygen atoms in total. The summed E-state index contributed by atoms with van der Waals surface area (Å²) in [5.41, 5.74) is 0.625. The molecule has 0 aliphatic carbocycles. The highest BCUT2D eigenvalue weighted by atomic mass is 16.2. The Labute approximate surface area is 86.0 Å². The van der Waals surface area contributed by atoms with E-state index in [1.54, 1.807) is 24.3 Å². The van der Waals surface area contributed by atoms with Gasteiger partial charge in [0.15, 0.2) is 0 Å². The molecule has 1 aliphatic heterocycles. The topological polar surface area (TPSA) is 82.1 Å². The molecule has 0 radical (unpaired) electrons. The second kappa shape index (κ2) is 3.53. The molecular formula is C10H9N3O2. The second-order valence-electron chi connectivity index (χ2n) is 3.20. The zero-order valence-corrected chi connectivity index (χ0v) is 7.78. The minimum Gasteiger partial charge on any atom is -0.296 e. The van der Waals surface area contributed by atoms with Gasteiger partial charge in [0.1, 0.15) is 5.92 Å². The van der Waals surface area contributed by atoms with E-state index in [4.69, 9.17) is 5.41 Å². The van der Waals surface area contributed by atoms with Crippen LogP contribution in [-0.2, 0) is 9.59 Å². The van der Waals surface area contributed by atoms with Crippen LogP contribution in [0, 0.1) is 5.41 Å². The minimum atomic E-state index is -0.861. The number of guanidine groups is 1. The SMILES string of the molecule is N=C1NC(=O)C(c2ccccc2)C(=O)N1. The first-order chi connectivity index (χ1) is 7.18. The molecule has 5 heteroatoms. The molecule has 1 aromatic carbocycles. The quantitative estimate of drug-likeness (QED) is 0.559. The van der Waals surface area contributed by atoms with Crippen LogP contribution in [0.5, 0.6) is 0 Å². The lowest BCUT2D eigenvalue weighted by molar-refractivity contribution is -0.131. The molecule has 0 aromatic heterocycles. The Morgan fingerprint density at radius 1 is 1.00 bits per heavy atom. The van der Waals surface area contributed by atoms with Gasteiger partial charge in [-0.2, -0.15) is 0 Å². The third-order valence-electron chi connectivity index (χ3n) is 2.15. The molecule has 3 N–H and O–H groups in total. The van der Waals surface area contributed by atoms with Gasteiger partial charge >= 0.3 is 0 Å². The van der Waals surface area contributed by atoms with Crippen LogP contribution in [0.3, 0.4) is 0 Å². The fourth-order valence-electron chi connectivity index (χ4n) is 1.49. The highest BCUT2D eigenvalue weighted by molar-refractivity contribution is 6.19. The Kier molecular flexibility index (Phi) is 2.21. The van der Waals surface area contributed by atoms with Gasteiger partial charge in [0.2, 0.25) is 17.8 Å². The van der Waals surface area contributed by atoms with E-state index in [2.05, 4.69) is 10.6 Å². The fraction of sp³-hybridized carbons (Fsp3) is 0.100. The van der Waals surface area contributed by atoms with Crippen LogP contribution in [0.25, 0.3) is 0 Å². The summed E-state index contributed by atoms with van der Waals surface area (Å²) in [6, 6.07) is 8.74. The van der Waals surface area contributed by atoms with Crippen molar-refractivity contribution in [3.8, 4) is 0 Å². The molecule has 1 aliphatic rings. The first kappa shape index (κ1) is 9.39. The van der Waals surface area contributed by atoms with Gasteiger partial charge in [-0.25, -0.2) is 0 Å². The van der Waals surface area contributed by atoms with E-state index < -0.39 is 17.7 Å². The maximum Gasteiger partial charge on any atom is 0.243 e. The summed E-state index contributed by atoms with van der Waals surface area (Å²) >= 11 is 0. The van der Waals surface area contributed by atoms with Gasteiger partial charge in [0, 0.05) is 0 Å². The number of carbonyl (C=O) groups is 2. The molecule has 0 unspecified atom stereocenters. The van der Waals surface area contributed by atoms with E-state index in [9.17, 15) is 9.59 Å². The van der Waals surface area contributed by atoms with Crippen molar-refractivity contribution in [1.82, 2.24) is 10.6 Å². The number of amides is 2. The predicted octanol–water partition coefficient (Wildman–Crippen LogP) is -0.0490. The summed E-state index contributed by atoms with van der Waals surface area (Å²) in [5, 5.41) is 11.7. The second-order valence-corrected chi connectivity index (χ2v) is 3.20. The molecule has 0 bridgehead atoms. The third kappa shape index (κ3) is 1.71. The van der Waals surface area contributed by atoms with Crippen molar-refractivity contribution in [3.05, 3.63) is 35.9 Å². The molecule has 1 aromatic rings. The lowest BCUT2D eigenvalue weighted by Crippen LogP contribution is -2.54. The zero-order valence-electron chi connectivity index (χ0n) is 7.78. The van der Waals surface area contributed by atoms with E-state index in [1.165, 1.54) is 0 Å². The minimum absolute atomic E-state index is 0.266. The van der Waals surface area contributed by atoms with E-state index in [-0.39, 0.29) is 5.96 Å². The Morgan fingerprint density at radius 2 is 1.53 bits per heavy atom. The van der Waals surface area contributed by atoms with Crippen LogP contribution in [0.2, 0.25) is 0 Å². The number of nitrogens with one attached hydrogen (secondary N) is 3. The summed E-state index contributed by atoms with van der Waals surface area (Å²) in [4.78, 5) is 23.0. The van der Waals surface area contributed by atoms with E-state index in [0.29, 0.717) is 5.56 Å². The summed E-state index contributed by atoms with van der Waals surface area (Å²) in [7, 11) is 0. The van der Waals surface area contributed by atoms with Crippen molar-refractivity contribution in [1.29, 1.82) is 5.41 Å². The Hall–Kier alpha value is -2.17. The van der Waals surface area contributed by atoms with Gasteiger partial charge in [-0.15, -0.1) is 0 Å². The van der Waals surface area contributed by atoms with Crippen LogP contribution in [-0.4, -0.2) is 17.8 Å². The number of benzene rings is 1. The highest BCUT2D eigenvalue weighted by Gasteiger charge is 2.33. The van der Waals surface area contributed by atoms with Crippen LogP contribution >= 0.6 is 0 Å². The predicted molar refractivity (Wildman–Crippen MR) is 53.2 cm³/mol. The molecule has 0 saturated carbocycles. The summed E-state index contributed by atoms with van der Waals surface area (Å²) in [5.74, 6) is -2.05. The molecule has 15 heavy (non-hydrogen) atoms. The van der Waals surface area contributed by atoms with Crippen molar-refractivity contribution < 1.29 is 9.59 Å². The van der Waals surface area contributed by atoms with Crippen molar-refractivity contribution >= 4 is 17.8 Å². The third-order valence-corrected chi connectivity index (χ3v) is 2.15. The Balaban J connectivity index is 2.33. The number of rotatable bonds is 1. The fourth-order valence-corrected chi connectivity index (χ4v) is 1.49. The standard InChI is InChI=1S/C10H9N3O2/c11-10-12-8(14)7(9(15)13-10)6-4-2-1-3-5-6/h1-5,7H,(H3,11,12,13,14,15). The molecular weight excluding hydrogens is 194 g/mol. The normalized spacial score (nSPS) is 20.8. The average molecular weight is 203 g/mol. The van der Waals surface area contributed by atoms with Crippen LogP contribution < -0.4 is 10.6 Å². The van der Waals surface area contributed by atoms with E-state index in [0.717, 1.165) is 0 Å². The van der Waals surface area contributed by atoms with Crippen LogP contribution in [0.1, 0.15) is 11.5 Å². The van der Waals surface area contributed by atoms with Crippen molar-refractivity contribution in [3.63, 3.8) is 0 Å². The zero-order chi connectivity index (χ0) is 10.8. The maximum atomic E-state index is 11.5. The first-order valence-electron chi connectivity index (χ1n) is 4.43. The largest absolute Gasteiger partial charge is 0.296 e. The summed E-state index contributed by atoms with van der Waals surface area (Å²) in [6.45, 7) is 0. The van der Waals surface area contributed by atoms with Crippen molar-refractivity contribution in [2.24, 2.45) is 0 Å². The average Bonchev–Trinajstić information content (AvgIpc) is 2.17. The monoisotopic (exact) mass is 203 g/mol. The van der Waals surface area contributed by atoms with Gasteiger partial charge < -0.3 is 0 Å². The van der Waals surface area contributed by atoms with E-state index in [1.807, 2.05) is 6.07 Å². The van der Waals surface area contributed by atoms with Crippen molar-refractivity contribution in [2.75, 3.05) is 0 Å². The molecule has 0 spiro atoms. The maximum absolute atomic E-state index is 11.5. The van der Waals surface area contributed by atoms with Gasteiger partial charge in [-0.3, -0.25) is 25.6 Å². The lowest BCUT2D eigenvalue weighted by atomic mass is 9.96. The summed E-state index contributed by atoms with van der Waals surface area (Å²) in [6.07, 6.45) is 0. The summed E-state index contributed by atoms with van der Waals surface area (Å²) < 4.78 is 0. The first-order valence-corrected chi connectivity index (χ1v) is 4.43. The number of carbonyl (C=O) groups excluding carboxylic acids is 2. The van der Waals surface area contributed by atoms with Crippen molar-refractivity contribution in [2.45, 2.75) is 5.92 Å². The number of hydrogen-bond acceptors (Lipinski definition) is 3. The van der Waals surface area contributed by atoms with Gasteiger partial charge in [-0.05, 0) is 5.56 Å². The molecule has 0 atom stereocenters. The van der Waals surface area contributed by atoms with E-state index >= 15 is 0 Å². The molecule has 1 fully saturated rings. The number of hydrogen-bond donors (Lipinski definition) is 3. The highest BCUT2D eigenvalue weighted by Crippen LogP contribution is 2.17. The molecule has 1 saturated heterocycles.